The molecule has 1 fully saturated rings. The second kappa shape index (κ2) is 8.76. The van der Waals surface area contributed by atoms with E-state index in [1.165, 1.54) is 35.7 Å². The van der Waals surface area contributed by atoms with Crippen LogP contribution in [-0.2, 0) is 14.8 Å². The summed E-state index contributed by atoms with van der Waals surface area (Å²) in [5, 5.41) is 0.749. The molecule has 32 heavy (non-hydrogen) atoms. The molecule has 168 valence electrons. The van der Waals surface area contributed by atoms with Gasteiger partial charge in [0.15, 0.2) is 0 Å². The highest BCUT2D eigenvalue weighted by Gasteiger charge is 2.34. The van der Waals surface area contributed by atoms with Gasteiger partial charge in [-0.05, 0) is 61.7 Å². The highest BCUT2D eigenvalue weighted by Crippen LogP contribution is 2.27. The normalized spacial score (nSPS) is 17.2. The average Bonchev–Trinajstić information content (AvgIpc) is 2.78. The largest absolute Gasteiger partial charge is 0.497 e. The van der Waals surface area contributed by atoms with Gasteiger partial charge in [0.05, 0.1) is 17.9 Å². The Morgan fingerprint density at radius 3 is 2.53 bits per heavy atom. The molecule has 0 saturated carbocycles. The predicted molar refractivity (Wildman–Crippen MR) is 117 cm³/mol. The fraction of sp³-hybridized carbons (Fsp3) is 0.304. The Balaban J connectivity index is 1.50. The zero-order chi connectivity index (χ0) is 22.9. The van der Waals surface area contributed by atoms with Gasteiger partial charge in [0.2, 0.25) is 10.0 Å². The molecule has 0 amide bonds. The average molecular weight is 458 g/mol. The van der Waals surface area contributed by atoms with Gasteiger partial charge in [-0.1, -0.05) is 0 Å². The SMILES string of the molecule is COc1ccc(S(=O)(=O)N2CCCC(C(=O)Oc3ccc4c(C)cc(=O)oc4c3)C2)cc1. The summed E-state index contributed by atoms with van der Waals surface area (Å²) in [7, 11) is -2.24. The van der Waals surface area contributed by atoms with Crippen molar-refractivity contribution in [2.24, 2.45) is 5.92 Å². The van der Waals surface area contributed by atoms with E-state index in [0.29, 0.717) is 30.7 Å². The molecule has 8 nitrogen and oxygen atoms in total. The van der Waals surface area contributed by atoms with Gasteiger partial charge >= 0.3 is 11.6 Å². The van der Waals surface area contributed by atoms with Crippen LogP contribution in [0, 0.1) is 12.8 Å². The van der Waals surface area contributed by atoms with E-state index in [1.54, 1.807) is 31.2 Å². The van der Waals surface area contributed by atoms with Gasteiger partial charge in [0, 0.05) is 30.6 Å². The number of hydrogen-bond acceptors (Lipinski definition) is 7. The molecule has 0 N–H and O–H groups in total. The Hall–Kier alpha value is -3.17. The van der Waals surface area contributed by atoms with Crippen LogP contribution in [0.1, 0.15) is 18.4 Å². The lowest BCUT2D eigenvalue weighted by Gasteiger charge is -2.30. The van der Waals surface area contributed by atoms with Crippen molar-refractivity contribution in [2.75, 3.05) is 20.2 Å². The lowest BCUT2D eigenvalue weighted by atomic mass is 10.00. The van der Waals surface area contributed by atoms with Crippen LogP contribution < -0.4 is 15.1 Å². The van der Waals surface area contributed by atoms with Gasteiger partial charge < -0.3 is 13.9 Å². The van der Waals surface area contributed by atoms with E-state index in [2.05, 4.69) is 0 Å². The van der Waals surface area contributed by atoms with Crippen LogP contribution in [-0.4, -0.2) is 38.9 Å². The molecule has 0 aliphatic carbocycles. The fourth-order valence-electron chi connectivity index (χ4n) is 3.82. The first-order valence-corrected chi connectivity index (χ1v) is 11.6. The van der Waals surface area contributed by atoms with Crippen LogP contribution in [0.5, 0.6) is 11.5 Å². The molecule has 1 saturated heterocycles. The van der Waals surface area contributed by atoms with Gasteiger partial charge in [-0.3, -0.25) is 4.79 Å². The molecular formula is C23H23NO7S. The third-order valence-corrected chi connectivity index (χ3v) is 7.44. The van der Waals surface area contributed by atoms with Crippen LogP contribution in [0.4, 0.5) is 0 Å². The monoisotopic (exact) mass is 457 g/mol. The topological polar surface area (TPSA) is 103 Å². The number of piperidine rings is 1. The molecule has 4 rings (SSSR count). The van der Waals surface area contributed by atoms with Gasteiger partial charge in [-0.25, -0.2) is 13.2 Å². The second-order valence-corrected chi connectivity index (χ2v) is 9.64. The molecule has 1 aromatic heterocycles. The molecule has 1 atom stereocenters. The molecule has 3 aromatic rings. The zero-order valence-corrected chi connectivity index (χ0v) is 18.6. The van der Waals surface area contributed by atoms with Crippen molar-refractivity contribution in [1.82, 2.24) is 4.31 Å². The lowest BCUT2D eigenvalue weighted by Crippen LogP contribution is -2.43. The van der Waals surface area contributed by atoms with E-state index in [-0.39, 0.29) is 17.2 Å². The Morgan fingerprint density at radius 1 is 1.09 bits per heavy atom. The predicted octanol–water partition coefficient (Wildman–Crippen LogP) is 3.12. The number of rotatable bonds is 5. The minimum absolute atomic E-state index is 0.0367. The van der Waals surface area contributed by atoms with Gasteiger partial charge in [0.1, 0.15) is 17.1 Å². The summed E-state index contributed by atoms with van der Waals surface area (Å²) >= 11 is 0. The van der Waals surface area contributed by atoms with Crippen molar-refractivity contribution >= 4 is 27.0 Å². The first-order chi connectivity index (χ1) is 15.3. The summed E-state index contributed by atoms with van der Waals surface area (Å²) in [4.78, 5) is 24.5. The van der Waals surface area contributed by atoms with Crippen molar-refractivity contribution in [1.29, 1.82) is 0 Å². The number of methoxy groups -OCH3 is 1. The standard InChI is InChI=1S/C23H23NO7S/c1-15-12-22(25)31-21-13-18(7-10-20(15)21)30-23(26)16-4-3-11-24(14-16)32(27,28)19-8-5-17(29-2)6-9-19/h5-10,12-13,16H,3-4,11,14H2,1-2H3. The number of aryl methyl sites for hydroxylation is 1. The van der Waals surface area contributed by atoms with E-state index < -0.39 is 27.5 Å². The summed E-state index contributed by atoms with van der Waals surface area (Å²) in [6.45, 7) is 2.17. The van der Waals surface area contributed by atoms with E-state index >= 15 is 0 Å². The van der Waals surface area contributed by atoms with Crippen LogP contribution >= 0.6 is 0 Å². The smallest absolute Gasteiger partial charge is 0.336 e. The highest BCUT2D eigenvalue weighted by atomic mass is 32.2. The number of fused-ring (bicyclic) bond motifs is 1. The summed E-state index contributed by atoms with van der Waals surface area (Å²) < 4.78 is 43.1. The highest BCUT2D eigenvalue weighted by molar-refractivity contribution is 7.89. The maximum Gasteiger partial charge on any atom is 0.336 e. The third-order valence-electron chi connectivity index (χ3n) is 5.56. The Morgan fingerprint density at radius 2 is 1.81 bits per heavy atom. The Labute approximate surface area is 185 Å². The number of carbonyl (C=O) groups is 1. The summed E-state index contributed by atoms with van der Waals surface area (Å²) in [5.41, 5.74) is 0.610. The molecule has 0 bridgehead atoms. The number of carbonyl (C=O) groups excluding carboxylic acids is 1. The molecule has 9 heteroatoms. The molecule has 1 aliphatic rings. The van der Waals surface area contributed by atoms with Crippen molar-refractivity contribution in [3.05, 3.63) is 64.5 Å². The summed E-state index contributed by atoms with van der Waals surface area (Å²) in [5.74, 6) is -0.317. The minimum atomic E-state index is -3.74. The van der Waals surface area contributed by atoms with Gasteiger partial charge in [-0.2, -0.15) is 4.31 Å². The van der Waals surface area contributed by atoms with E-state index in [0.717, 1.165) is 10.9 Å². The molecule has 0 spiro atoms. The fourth-order valence-corrected chi connectivity index (χ4v) is 5.34. The van der Waals surface area contributed by atoms with Crippen LogP contribution in [0.2, 0.25) is 0 Å². The quantitative estimate of drug-likeness (QED) is 0.329. The van der Waals surface area contributed by atoms with Crippen LogP contribution in [0.25, 0.3) is 11.0 Å². The summed E-state index contributed by atoms with van der Waals surface area (Å²) in [6, 6.07) is 12.4. The number of nitrogens with zero attached hydrogens (tertiary/aromatic N) is 1. The molecule has 2 aromatic carbocycles. The first-order valence-electron chi connectivity index (χ1n) is 10.2. The Kier molecular flexibility index (Phi) is 6.03. The second-order valence-electron chi connectivity index (χ2n) is 7.71. The van der Waals surface area contributed by atoms with Crippen LogP contribution in [0.3, 0.4) is 0 Å². The molecular weight excluding hydrogens is 434 g/mol. The first kappa shape index (κ1) is 22.0. The zero-order valence-electron chi connectivity index (χ0n) is 17.7. The number of hydrogen-bond donors (Lipinski definition) is 0. The van der Waals surface area contributed by atoms with Crippen LogP contribution in [0.15, 0.2) is 62.6 Å². The van der Waals surface area contributed by atoms with E-state index in [1.807, 2.05) is 0 Å². The van der Waals surface area contributed by atoms with Gasteiger partial charge in [0.25, 0.3) is 0 Å². The molecule has 2 heterocycles. The lowest BCUT2D eigenvalue weighted by molar-refractivity contribution is -0.140. The minimum Gasteiger partial charge on any atom is -0.497 e. The number of sulfonamides is 1. The maximum atomic E-state index is 13.0. The van der Waals surface area contributed by atoms with Crippen molar-refractivity contribution in [2.45, 2.75) is 24.7 Å². The molecule has 1 unspecified atom stereocenters. The van der Waals surface area contributed by atoms with E-state index in [4.69, 9.17) is 13.9 Å². The van der Waals surface area contributed by atoms with Gasteiger partial charge in [-0.15, -0.1) is 0 Å². The number of ether oxygens (including phenoxy) is 2. The third kappa shape index (κ3) is 4.39. The maximum absolute atomic E-state index is 13.0. The molecule has 1 aliphatic heterocycles. The molecule has 0 radical (unpaired) electrons. The Bertz CT molecular complexity index is 1310. The van der Waals surface area contributed by atoms with Crippen molar-refractivity contribution in [3.63, 3.8) is 0 Å². The number of benzene rings is 2. The van der Waals surface area contributed by atoms with E-state index in [9.17, 15) is 18.0 Å². The van der Waals surface area contributed by atoms with Crippen molar-refractivity contribution in [3.8, 4) is 11.5 Å². The summed E-state index contributed by atoms with van der Waals surface area (Å²) in [6.07, 6.45) is 1.07. The number of esters is 1. The van der Waals surface area contributed by atoms with Crippen molar-refractivity contribution < 1.29 is 27.1 Å².